The van der Waals surface area contributed by atoms with E-state index < -0.39 is 11.4 Å². The van der Waals surface area contributed by atoms with E-state index in [9.17, 15) is 14.0 Å². The highest BCUT2D eigenvalue weighted by molar-refractivity contribution is 6.29. The molecule has 0 N–H and O–H groups in total. The standard InChI is InChI=1S/C17H22ClFN2O3/c1-17(2,3)24-16(23)21-6-4-11(5-7-21)8-13-15(19)12(10-22)9-14(18)20-13/h9-11H,4-8H2,1-3H3. The molecule has 1 aromatic heterocycles. The van der Waals surface area contributed by atoms with Gasteiger partial charge in [-0.3, -0.25) is 4.79 Å². The lowest BCUT2D eigenvalue weighted by atomic mass is 9.91. The first-order valence-corrected chi connectivity index (χ1v) is 8.35. The molecule has 24 heavy (non-hydrogen) atoms. The molecule has 0 spiro atoms. The minimum Gasteiger partial charge on any atom is -0.444 e. The van der Waals surface area contributed by atoms with E-state index in [0.29, 0.717) is 25.8 Å². The van der Waals surface area contributed by atoms with Crippen LogP contribution in [0.4, 0.5) is 9.18 Å². The first-order chi connectivity index (χ1) is 11.2. The molecule has 2 rings (SSSR count). The van der Waals surface area contributed by atoms with Crippen molar-refractivity contribution < 1.29 is 18.7 Å². The van der Waals surface area contributed by atoms with E-state index in [0.717, 1.165) is 12.8 Å². The zero-order chi connectivity index (χ0) is 17.9. The molecule has 0 aromatic carbocycles. The molecule has 2 heterocycles. The number of hydrogen-bond donors (Lipinski definition) is 0. The molecule has 1 aliphatic rings. The summed E-state index contributed by atoms with van der Waals surface area (Å²) in [4.78, 5) is 28.6. The molecule has 0 radical (unpaired) electrons. The van der Waals surface area contributed by atoms with E-state index in [1.165, 1.54) is 6.07 Å². The Labute approximate surface area is 146 Å². The van der Waals surface area contributed by atoms with Gasteiger partial charge in [0.15, 0.2) is 12.1 Å². The number of rotatable bonds is 3. The van der Waals surface area contributed by atoms with Crippen molar-refractivity contribution >= 4 is 24.0 Å². The van der Waals surface area contributed by atoms with Gasteiger partial charge in [0.25, 0.3) is 0 Å². The first kappa shape index (κ1) is 18.6. The van der Waals surface area contributed by atoms with E-state index in [2.05, 4.69) is 4.98 Å². The number of halogens is 2. The smallest absolute Gasteiger partial charge is 0.410 e. The lowest BCUT2D eigenvalue weighted by Gasteiger charge is -2.33. The van der Waals surface area contributed by atoms with E-state index in [1.807, 2.05) is 20.8 Å². The predicted molar refractivity (Wildman–Crippen MR) is 88.8 cm³/mol. The SMILES string of the molecule is CC(C)(C)OC(=O)N1CCC(Cc2nc(Cl)cc(C=O)c2F)CC1. The van der Waals surface area contributed by atoms with E-state index in [4.69, 9.17) is 16.3 Å². The minimum atomic E-state index is -0.607. The molecule has 0 unspecified atom stereocenters. The van der Waals surface area contributed by atoms with Crippen molar-refractivity contribution in [3.63, 3.8) is 0 Å². The highest BCUT2D eigenvalue weighted by Crippen LogP contribution is 2.25. The summed E-state index contributed by atoms with van der Waals surface area (Å²) in [6.45, 7) is 6.60. The topological polar surface area (TPSA) is 59.5 Å². The van der Waals surface area contributed by atoms with Gasteiger partial charge >= 0.3 is 6.09 Å². The van der Waals surface area contributed by atoms with Gasteiger partial charge in [-0.1, -0.05) is 11.6 Å². The van der Waals surface area contributed by atoms with Crippen LogP contribution in [0.2, 0.25) is 5.15 Å². The van der Waals surface area contributed by atoms with Gasteiger partial charge in [-0.25, -0.2) is 14.2 Å². The molecule has 0 bridgehead atoms. The zero-order valence-electron chi connectivity index (χ0n) is 14.1. The Hall–Kier alpha value is -1.69. The highest BCUT2D eigenvalue weighted by Gasteiger charge is 2.28. The van der Waals surface area contributed by atoms with Gasteiger partial charge in [-0.05, 0) is 52.0 Å². The molecule has 1 amide bonds. The molecule has 0 aliphatic carbocycles. The average molecular weight is 357 g/mol. The summed E-state index contributed by atoms with van der Waals surface area (Å²) in [5.41, 5.74) is -0.385. The summed E-state index contributed by atoms with van der Waals surface area (Å²) in [5.74, 6) is -0.423. The number of aldehydes is 1. The summed E-state index contributed by atoms with van der Waals surface area (Å²) in [5, 5.41) is 0.111. The van der Waals surface area contributed by atoms with Crippen LogP contribution in [-0.2, 0) is 11.2 Å². The van der Waals surface area contributed by atoms with Crippen LogP contribution in [0.3, 0.4) is 0 Å². The van der Waals surface area contributed by atoms with Crippen LogP contribution in [0, 0.1) is 11.7 Å². The number of ether oxygens (including phenoxy) is 1. The van der Waals surface area contributed by atoms with Crippen molar-refractivity contribution in [2.75, 3.05) is 13.1 Å². The average Bonchev–Trinajstić information content (AvgIpc) is 2.49. The maximum atomic E-state index is 14.2. The molecular weight excluding hydrogens is 335 g/mol. The van der Waals surface area contributed by atoms with Crippen molar-refractivity contribution in [2.45, 2.75) is 45.6 Å². The van der Waals surface area contributed by atoms with Crippen LogP contribution in [0.5, 0.6) is 0 Å². The summed E-state index contributed by atoms with van der Waals surface area (Å²) in [6.07, 6.45) is 1.97. The molecular formula is C17H22ClFN2O3. The van der Waals surface area contributed by atoms with Crippen LogP contribution in [0.1, 0.15) is 49.7 Å². The quantitative estimate of drug-likeness (QED) is 0.609. The molecule has 7 heteroatoms. The third-order valence-electron chi connectivity index (χ3n) is 3.90. The third-order valence-corrected chi connectivity index (χ3v) is 4.09. The normalized spacial score (nSPS) is 16.1. The maximum Gasteiger partial charge on any atom is 0.410 e. The fourth-order valence-corrected chi connectivity index (χ4v) is 2.93. The monoisotopic (exact) mass is 356 g/mol. The molecule has 1 aliphatic heterocycles. The fraction of sp³-hybridized carbons (Fsp3) is 0.588. The molecule has 1 saturated heterocycles. The Balaban J connectivity index is 1.95. The van der Waals surface area contributed by atoms with Crippen LogP contribution < -0.4 is 0 Å². The molecule has 0 saturated carbocycles. The molecule has 1 fully saturated rings. The first-order valence-electron chi connectivity index (χ1n) is 7.97. The Bertz CT molecular complexity index is 623. The number of likely N-dealkylation sites (tertiary alicyclic amines) is 1. The van der Waals surface area contributed by atoms with E-state index in [1.54, 1.807) is 4.90 Å². The lowest BCUT2D eigenvalue weighted by Crippen LogP contribution is -2.42. The Kier molecular flexibility index (Phi) is 5.80. The number of hydrogen-bond acceptors (Lipinski definition) is 4. The molecule has 0 atom stereocenters. The predicted octanol–water partition coefficient (Wildman–Crippen LogP) is 3.88. The lowest BCUT2D eigenvalue weighted by molar-refractivity contribution is 0.0183. The van der Waals surface area contributed by atoms with Gasteiger partial charge in [-0.2, -0.15) is 0 Å². The van der Waals surface area contributed by atoms with Gasteiger partial charge < -0.3 is 9.64 Å². The van der Waals surface area contributed by atoms with Gasteiger partial charge in [-0.15, -0.1) is 0 Å². The van der Waals surface area contributed by atoms with Crippen LogP contribution in [0.25, 0.3) is 0 Å². The van der Waals surface area contributed by atoms with Gasteiger partial charge in [0, 0.05) is 13.1 Å². The number of nitrogens with zero attached hydrogens (tertiary/aromatic N) is 2. The molecule has 1 aromatic rings. The zero-order valence-corrected chi connectivity index (χ0v) is 14.9. The second-order valence-corrected chi connectivity index (χ2v) is 7.41. The number of carbonyl (C=O) groups excluding carboxylic acids is 2. The van der Waals surface area contributed by atoms with Gasteiger partial charge in [0.05, 0.1) is 11.3 Å². The number of aromatic nitrogens is 1. The summed E-state index contributed by atoms with van der Waals surface area (Å²) >= 11 is 5.84. The molecule has 132 valence electrons. The van der Waals surface area contributed by atoms with Crippen molar-refractivity contribution in [1.82, 2.24) is 9.88 Å². The van der Waals surface area contributed by atoms with E-state index in [-0.39, 0.29) is 28.4 Å². The summed E-state index contributed by atoms with van der Waals surface area (Å²) in [7, 11) is 0. The van der Waals surface area contributed by atoms with Crippen molar-refractivity contribution in [1.29, 1.82) is 0 Å². The fourth-order valence-electron chi connectivity index (χ4n) is 2.71. The second kappa shape index (κ2) is 7.47. The summed E-state index contributed by atoms with van der Waals surface area (Å²) in [6, 6.07) is 1.22. The number of piperidine rings is 1. The van der Waals surface area contributed by atoms with Crippen LogP contribution in [-0.4, -0.2) is 41.0 Å². The largest absolute Gasteiger partial charge is 0.444 e. The van der Waals surface area contributed by atoms with Crippen LogP contribution >= 0.6 is 11.6 Å². The van der Waals surface area contributed by atoms with Crippen molar-refractivity contribution in [3.05, 3.63) is 28.3 Å². The van der Waals surface area contributed by atoms with Gasteiger partial charge in [0.2, 0.25) is 0 Å². The number of carbonyl (C=O) groups is 2. The van der Waals surface area contributed by atoms with Crippen molar-refractivity contribution in [2.24, 2.45) is 5.92 Å². The summed E-state index contributed by atoms with van der Waals surface area (Å²) < 4.78 is 19.5. The Morgan fingerprint density at radius 1 is 1.46 bits per heavy atom. The maximum absolute atomic E-state index is 14.2. The van der Waals surface area contributed by atoms with E-state index >= 15 is 0 Å². The van der Waals surface area contributed by atoms with Gasteiger partial charge in [0.1, 0.15) is 10.8 Å². The number of amides is 1. The molecule has 5 nitrogen and oxygen atoms in total. The Morgan fingerprint density at radius 2 is 2.08 bits per heavy atom. The Morgan fingerprint density at radius 3 is 2.62 bits per heavy atom. The second-order valence-electron chi connectivity index (χ2n) is 7.03. The third kappa shape index (κ3) is 4.90. The van der Waals surface area contributed by atoms with Crippen molar-refractivity contribution in [3.8, 4) is 0 Å². The number of pyridine rings is 1. The highest BCUT2D eigenvalue weighted by atomic mass is 35.5. The minimum absolute atomic E-state index is 0.0730. The van der Waals surface area contributed by atoms with Crippen LogP contribution in [0.15, 0.2) is 6.07 Å².